The summed E-state index contributed by atoms with van der Waals surface area (Å²) in [5.41, 5.74) is 0. The lowest BCUT2D eigenvalue weighted by molar-refractivity contribution is -0.00575. The first-order valence-corrected chi connectivity index (χ1v) is 9.16. The van der Waals surface area contributed by atoms with E-state index in [-0.39, 0.29) is 0 Å². The summed E-state index contributed by atoms with van der Waals surface area (Å²) in [6.45, 7) is 15.8. The number of hydrogen-bond donors (Lipinski definition) is 0. The Labute approximate surface area is 149 Å². The molecule has 0 amide bonds. The molecule has 0 heterocycles. The van der Waals surface area contributed by atoms with Crippen molar-refractivity contribution in [1.29, 1.82) is 0 Å². The maximum atomic E-state index is 5.53. The maximum absolute atomic E-state index is 5.53. The normalized spacial score (nSPS) is 12.2. The smallest absolute Gasteiger partial charge is 0.0701 e. The molecular formula is C18H40N2O4. The average Bonchev–Trinajstić information content (AvgIpc) is 2.54. The SMILES string of the molecule is CC(C)N(C)CCOCCOCCOCCOCCN(C)C(C)C. The summed E-state index contributed by atoms with van der Waals surface area (Å²) in [5.74, 6) is 0. The topological polar surface area (TPSA) is 43.4 Å². The first kappa shape index (κ1) is 23.8. The van der Waals surface area contributed by atoms with Crippen molar-refractivity contribution in [1.82, 2.24) is 9.80 Å². The number of hydrogen-bond acceptors (Lipinski definition) is 6. The van der Waals surface area contributed by atoms with E-state index in [1.807, 2.05) is 0 Å². The van der Waals surface area contributed by atoms with Gasteiger partial charge in [-0.05, 0) is 41.8 Å². The molecule has 0 aliphatic rings. The molecule has 0 aliphatic carbocycles. The van der Waals surface area contributed by atoms with Crippen LogP contribution in [0.2, 0.25) is 0 Å². The van der Waals surface area contributed by atoms with Crippen molar-refractivity contribution in [2.45, 2.75) is 39.8 Å². The van der Waals surface area contributed by atoms with Gasteiger partial charge in [-0.3, -0.25) is 0 Å². The van der Waals surface area contributed by atoms with E-state index in [1.165, 1.54) is 0 Å². The lowest BCUT2D eigenvalue weighted by atomic mass is 10.3. The summed E-state index contributed by atoms with van der Waals surface area (Å²) in [5, 5.41) is 0. The van der Waals surface area contributed by atoms with E-state index in [9.17, 15) is 0 Å². The van der Waals surface area contributed by atoms with Crippen LogP contribution in [0.3, 0.4) is 0 Å². The van der Waals surface area contributed by atoms with Gasteiger partial charge >= 0.3 is 0 Å². The maximum Gasteiger partial charge on any atom is 0.0701 e. The fraction of sp³-hybridized carbons (Fsp3) is 1.00. The number of nitrogens with zero attached hydrogens (tertiary/aromatic N) is 2. The van der Waals surface area contributed by atoms with Crippen LogP contribution >= 0.6 is 0 Å². The minimum absolute atomic E-state index is 0.557. The van der Waals surface area contributed by atoms with Crippen LogP contribution < -0.4 is 0 Å². The predicted molar refractivity (Wildman–Crippen MR) is 98.8 cm³/mol. The van der Waals surface area contributed by atoms with Crippen molar-refractivity contribution in [3.05, 3.63) is 0 Å². The quantitative estimate of drug-likeness (QED) is 0.373. The van der Waals surface area contributed by atoms with E-state index in [1.54, 1.807) is 0 Å². The third-order valence-corrected chi connectivity index (χ3v) is 4.06. The van der Waals surface area contributed by atoms with E-state index >= 15 is 0 Å². The van der Waals surface area contributed by atoms with E-state index in [4.69, 9.17) is 18.9 Å². The second-order valence-corrected chi connectivity index (χ2v) is 6.60. The standard InChI is InChI=1S/C18H40N2O4/c1-17(2)19(5)7-9-21-11-13-23-15-16-24-14-12-22-10-8-20(6)18(3)4/h17-18H,7-16H2,1-6H3. The van der Waals surface area contributed by atoms with Gasteiger partial charge in [0, 0.05) is 25.2 Å². The van der Waals surface area contributed by atoms with Gasteiger partial charge in [0.2, 0.25) is 0 Å². The first-order chi connectivity index (χ1) is 11.4. The van der Waals surface area contributed by atoms with Gasteiger partial charge in [0.1, 0.15) is 0 Å². The van der Waals surface area contributed by atoms with Crippen molar-refractivity contribution in [3.8, 4) is 0 Å². The van der Waals surface area contributed by atoms with Crippen LogP contribution in [0.5, 0.6) is 0 Å². The monoisotopic (exact) mass is 348 g/mol. The van der Waals surface area contributed by atoms with E-state index in [0.717, 1.165) is 26.3 Å². The Morgan fingerprint density at radius 2 is 0.750 bits per heavy atom. The highest BCUT2D eigenvalue weighted by Gasteiger charge is 2.02. The Balaban J connectivity index is 3.13. The van der Waals surface area contributed by atoms with Gasteiger partial charge in [-0.25, -0.2) is 0 Å². The molecule has 0 fully saturated rings. The fourth-order valence-corrected chi connectivity index (χ4v) is 1.70. The van der Waals surface area contributed by atoms with Crippen LogP contribution in [-0.2, 0) is 18.9 Å². The Morgan fingerprint density at radius 1 is 0.500 bits per heavy atom. The van der Waals surface area contributed by atoms with Crippen LogP contribution in [0, 0.1) is 0 Å². The van der Waals surface area contributed by atoms with Crippen molar-refractivity contribution in [2.75, 3.05) is 80.0 Å². The molecule has 0 aromatic carbocycles. The molecule has 0 radical (unpaired) electrons. The van der Waals surface area contributed by atoms with Crippen LogP contribution in [0.15, 0.2) is 0 Å². The van der Waals surface area contributed by atoms with Crippen LogP contribution in [0.25, 0.3) is 0 Å². The predicted octanol–water partition coefficient (Wildman–Crippen LogP) is 1.73. The minimum atomic E-state index is 0.557. The first-order valence-electron chi connectivity index (χ1n) is 9.16. The Hall–Kier alpha value is -0.240. The highest BCUT2D eigenvalue weighted by molar-refractivity contribution is 4.56. The lowest BCUT2D eigenvalue weighted by Crippen LogP contribution is -2.30. The van der Waals surface area contributed by atoms with Gasteiger partial charge in [0.15, 0.2) is 0 Å². The van der Waals surface area contributed by atoms with Gasteiger partial charge in [0.25, 0.3) is 0 Å². The number of ether oxygens (including phenoxy) is 4. The van der Waals surface area contributed by atoms with Gasteiger partial charge in [-0.2, -0.15) is 0 Å². The molecule has 0 aliphatic heterocycles. The highest BCUT2D eigenvalue weighted by Crippen LogP contribution is 1.93. The van der Waals surface area contributed by atoms with Gasteiger partial charge in [-0.15, -0.1) is 0 Å². The zero-order valence-electron chi connectivity index (χ0n) is 16.8. The molecule has 0 unspecified atom stereocenters. The van der Waals surface area contributed by atoms with Crippen molar-refractivity contribution in [2.24, 2.45) is 0 Å². The third kappa shape index (κ3) is 15.3. The Morgan fingerprint density at radius 3 is 1.00 bits per heavy atom. The summed E-state index contributed by atoms with van der Waals surface area (Å²) >= 11 is 0. The molecule has 0 atom stereocenters. The van der Waals surface area contributed by atoms with Crippen molar-refractivity contribution < 1.29 is 18.9 Å². The molecule has 24 heavy (non-hydrogen) atoms. The summed E-state index contributed by atoms with van der Waals surface area (Å²) in [6.07, 6.45) is 0. The summed E-state index contributed by atoms with van der Waals surface area (Å²) in [7, 11) is 4.21. The van der Waals surface area contributed by atoms with Gasteiger partial charge in [0.05, 0.1) is 52.9 Å². The van der Waals surface area contributed by atoms with Gasteiger partial charge < -0.3 is 28.7 Å². The third-order valence-electron chi connectivity index (χ3n) is 4.06. The molecule has 6 nitrogen and oxygen atoms in total. The molecule has 0 N–H and O–H groups in total. The Bertz CT molecular complexity index is 239. The summed E-state index contributed by atoms with van der Waals surface area (Å²) in [6, 6.07) is 1.11. The highest BCUT2D eigenvalue weighted by atomic mass is 16.6. The molecule has 0 bridgehead atoms. The largest absolute Gasteiger partial charge is 0.378 e. The van der Waals surface area contributed by atoms with Crippen LogP contribution in [0.4, 0.5) is 0 Å². The zero-order valence-corrected chi connectivity index (χ0v) is 16.8. The fourth-order valence-electron chi connectivity index (χ4n) is 1.70. The molecule has 0 aromatic heterocycles. The molecule has 0 saturated carbocycles. The molecule has 146 valence electrons. The molecule has 0 rings (SSSR count). The number of rotatable bonds is 17. The average molecular weight is 349 g/mol. The second kappa shape index (κ2) is 16.2. The van der Waals surface area contributed by atoms with Crippen molar-refractivity contribution in [3.63, 3.8) is 0 Å². The van der Waals surface area contributed by atoms with Gasteiger partial charge in [-0.1, -0.05) is 0 Å². The molecule has 0 spiro atoms. The molecule has 6 heteroatoms. The van der Waals surface area contributed by atoms with E-state index in [0.29, 0.717) is 51.7 Å². The van der Waals surface area contributed by atoms with Crippen molar-refractivity contribution >= 4 is 0 Å². The summed E-state index contributed by atoms with van der Waals surface area (Å²) < 4.78 is 22.0. The number of likely N-dealkylation sites (N-methyl/N-ethyl adjacent to an activating group) is 2. The van der Waals surface area contributed by atoms with E-state index < -0.39 is 0 Å². The summed E-state index contributed by atoms with van der Waals surface area (Å²) in [4.78, 5) is 4.52. The van der Waals surface area contributed by atoms with Crippen LogP contribution in [0.1, 0.15) is 27.7 Å². The van der Waals surface area contributed by atoms with Crippen LogP contribution in [-0.4, -0.2) is 102 Å². The molecule has 0 saturated heterocycles. The van der Waals surface area contributed by atoms with E-state index in [2.05, 4.69) is 51.6 Å². The lowest BCUT2D eigenvalue weighted by Gasteiger charge is -2.20. The molecule has 0 aromatic rings. The Kier molecular flexibility index (Phi) is 16.1. The minimum Gasteiger partial charge on any atom is -0.378 e. The second-order valence-electron chi connectivity index (χ2n) is 6.60. The molecular weight excluding hydrogens is 308 g/mol. The zero-order chi connectivity index (χ0) is 18.2.